The smallest absolute Gasteiger partial charge is 0.444 e. The van der Waals surface area contributed by atoms with Crippen molar-refractivity contribution in [3.05, 3.63) is 17.3 Å². The van der Waals surface area contributed by atoms with Crippen LogP contribution in [0.25, 0.3) is 0 Å². The van der Waals surface area contributed by atoms with Crippen LogP contribution in [0.2, 0.25) is 5.02 Å². The maximum Gasteiger partial charge on any atom is 0.496 e. The molecule has 1 fully saturated rings. The van der Waals surface area contributed by atoms with Gasteiger partial charge in [0.25, 0.3) is 0 Å². The monoisotopic (exact) mass is 354 g/mol. The molecule has 1 saturated heterocycles. The molecule has 132 valence electrons. The first-order valence-electron chi connectivity index (χ1n) is 7.82. The summed E-state index contributed by atoms with van der Waals surface area (Å²) in [5.74, 6) is 0.228. The van der Waals surface area contributed by atoms with Crippen LogP contribution in [0.3, 0.4) is 0 Å². The van der Waals surface area contributed by atoms with Crippen molar-refractivity contribution in [1.29, 1.82) is 0 Å². The van der Waals surface area contributed by atoms with Crippen molar-refractivity contribution < 1.29 is 18.8 Å². The zero-order valence-electron chi connectivity index (χ0n) is 15.2. The van der Waals surface area contributed by atoms with Gasteiger partial charge in [-0.1, -0.05) is 11.6 Å². The van der Waals surface area contributed by atoms with Gasteiger partial charge in [0.1, 0.15) is 5.60 Å². The molecule has 6 nitrogen and oxygen atoms in total. The lowest BCUT2D eigenvalue weighted by atomic mass is 9.80. The molecule has 2 rings (SSSR count). The Labute approximate surface area is 148 Å². The first-order valence-corrected chi connectivity index (χ1v) is 8.20. The maximum absolute atomic E-state index is 11.8. The molecule has 0 unspecified atom stereocenters. The van der Waals surface area contributed by atoms with Crippen molar-refractivity contribution in [2.24, 2.45) is 0 Å². The number of amides is 1. The van der Waals surface area contributed by atoms with E-state index >= 15 is 0 Å². The van der Waals surface area contributed by atoms with Gasteiger partial charge in [0, 0.05) is 11.7 Å². The Bertz CT molecular complexity index is 627. The van der Waals surface area contributed by atoms with Gasteiger partial charge in [-0.2, -0.15) is 0 Å². The Morgan fingerprint density at radius 3 is 2.25 bits per heavy atom. The molecule has 1 amide bonds. The lowest BCUT2D eigenvalue weighted by Crippen LogP contribution is -2.41. The quantitative estimate of drug-likeness (QED) is 0.825. The zero-order valence-corrected chi connectivity index (χ0v) is 15.9. The number of rotatable bonds is 2. The number of halogens is 1. The number of ether oxygens (including phenoxy) is 1. The molecule has 1 aliphatic heterocycles. The molecule has 0 saturated carbocycles. The normalized spacial score (nSPS) is 19.2. The second-order valence-electron chi connectivity index (χ2n) is 7.81. The third-order valence-corrected chi connectivity index (χ3v) is 4.30. The minimum absolute atomic E-state index is 0.228. The van der Waals surface area contributed by atoms with Crippen molar-refractivity contribution in [3.8, 4) is 0 Å². The lowest BCUT2D eigenvalue weighted by molar-refractivity contribution is 0.00578. The molecule has 1 aromatic rings. The standard InChI is InChI=1S/C16H24BClN2O4/c1-14(2,3)22-13(21)20-12-11(18)8-10(9-19-12)17-23-15(4,5)16(6,7)24-17/h8-9H,1-7H3,(H,19,20,21). The first kappa shape index (κ1) is 19.0. The van der Waals surface area contributed by atoms with E-state index < -0.39 is 30.0 Å². The average Bonchev–Trinajstić information content (AvgIpc) is 2.58. The SMILES string of the molecule is CC(C)(C)OC(=O)Nc1ncc(B2OC(C)(C)C(C)(C)O2)cc1Cl. The van der Waals surface area contributed by atoms with E-state index in [1.54, 1.807) is 33.0 Å². The van der Waals surface area contributed by atoms with Crippen molar-refractivity contribution in [2.45, 2.75) is 65.3 Å². The fourth-order valence-corrected chi connectivity index (χ4v) is 2.28. The Morgan fingerprint density at radius 2 is 1.79 bits per heavy atom. The molecule has 1 aromatic heterocycles. The first-order chi connectivity index (χ1) is 10.8. The van der Waals surface area contributed by atoms with Gasteiger partial charge < -0.3 is 14.0 Å². The Morgan fingerprint density at radius 1 is 1.25 bits per heavy atom. The lowest BCUT2D eigenvalue weighted by Gasteiger charge is -2.32. The minimum atomic E-state index is -0.611. The van der Waals surface area contributed by atoms with Crippen LogP contribution in [0.15, 0.2) is 12.3 Å². The van der Waals surface area contributed by atoms with Crippen molar-refractivity contribution in [1.82, 2.24) is 4.98 Å². The summed E-state index contributed by atoms with van der Waals surface area (Å²) in [7, 11) is -0.560. The molecule has 0 bridgehead atoms. The van der Waals surface area contributed by atoms with Crippen LogP contribution in [0.1, 0.15) is 48.5 Å². The van der Waals surface area contributed by atoms with Crippen LogP contribution in [0.4, 0.5) is 10.6 Å². The number of aromatic nitrogens is 1. The molecule has 0 atom stereocenters. The topological polar surface area (TPSA) is 69.7 Å². The molecular formula is C16H24BClN2O4. The number of nitrogens with zero attached hydrogens (tertiary/aromatic N) is 1. The highest BCUT2D eigenvalue weighted by Gasteiger charge is 2.51. The van der Waals surface area contributed by atoms with E-state index in [2.05, 4.69) is 10.3 Å². The second kappa shape index (κ2) is 6.21. The Hall–Kier alpha value is -1.31. The second-order valence-corrected chi connectivity index (χ2v) is 8.22. The Balaban J connectivity index is 2.12. The van der Waals surface area contributed by atoms with Gasteiger partial charge in [0.15, 0.2) is 5.82 Å². The summed E-state index contributed by atoms with van der Waals surface area (Å²) < 4.78 is 17.1. The summed E-state index contributed by atoms with van der Waals surface area (Å²) in [6, 6.07) is 1.67. The number of nitrogens with one attached hydrogen (secondary N) is 1. The van der Waals surface area contributed by atoms with Crippen LogP contribution >= 0.6 is 11.6 Å². The predicted octanol–water partition coefficient (Wildman–Crippen LogP) is 3.38. The van der Waals surface area contributed by atoms with Gasteiger partial charge in [-0.25, -0.2) is 9.78 Å². The van der Waals surface area contributed by atoms with Gasteiger partial charge in [-0.15, -0.1) is 0 Å². The molecule has 0 aliphatic carbocycles. The summed E-state index contributed by atoms with van der Waals surface area (Å²) in [6.45, 7) is 13.2. The number of carbonyl (C=O) groups is 1. The highest BCUT2D eigenvalue weighted by molar-refractivity contribution is 6.62. The van der Waals surface area contributed by atoms with Gasteiger partial charge in [0.05, 0.1) is 16.2 Å². The van der Waals surface area contributed by atoms with E-state index in [-0.39, 0.29) is 10.8 Å². The van der Waals surface area contributed by atoms with E-state index in [9.17, 15) is 4.79 Å². The van der Waals surface area contributed by atoms with Gasteiger partial charge >= 0.3 is 13.2 Å². The molecule has 0 spiro atoms. The molecule has 8 heteroatoms. The molecule has 2 heterocycles. The highest BCUT2D eigenvalue weighted by atomic mass is 35.5. The molecule has 0 radical (unpaired) electrons. The number of hydrogen-bond acceptors (Lipinski definition) is 5. The zero-order chi connectivity index (χ0) is 18.3. The molecule has 1 N–H and O–H groups in total. The molecule has 0 aromatic carbocycles. The van der Waals surface area contributed by atoms with Gasteiger partial charge in [-0.3, -0.25) is 5.32 Å². The third kappa shape index (κ3) is 4.20. The van der Waals surface area contributed by atoms with Crippen LogP contribution in [-0.4, -0.2) is 35.0 Å². The van der Waals surface area contributed by atoms with Crippen LogP contribution in [-0.2, 0) is 14.0 Å². The third-order valence-electron chi connectivity index (χ3n) is 4.01. The Kier molecular flexibility index (Phi) is 4.92. The number of pyridine rings is 1. The number of carbonyl (C=O) groups excluding carboxylic acids is 1. The molecule has 24 heavy (non-hydrogen) atoms. The van der Waals surface area contributed by atoms with Crippen molar-refractivity contribution >= 4 is 36.1 Å². The van der Waals surface area contributed by atoms with E-state index in [0.29, 0.717) is 5.46 Å². The molecular weight excluding hydrogens is 330 g/mol. The largest absolute Gasteiger partial charge is 0.496 e. The van der Waals surface area contributed by atoms with Crippen LogP contribution in [0, 0.1) is 0 Å². The van der Waals surface area contributed by atoms with E-state index in [1.807, 2.05) is 27.7 Å². The van der Waals surface area contributed by atoms with Gasteiger partial charge in [0.2, 0.25) is 0 Å². The number of hydrogen-bond donors (Lipinski definition) is 1. The minimum Gasteiger partial charge on any atom is -0.444 e. The van der Waals surface area contributed by atoms with Gasteiger partial charge in [-0.05, 0) is 54.5 Å². The fraction of sp³-hybridized carbons (Fsp3) is 0.625. The predicted molar refractivity (Wildman–Crippen MR) is 94.8 cm³/mol. The highest BCUT2D eigenvalue weighted by Crippen LogP contribution is 2.36. The average molecular weight is 355 g/mol. The van der Waals surface area contributed by atoms with Crippen LogP contribution < -0.4 is 10.8 Å². The molecule has 1 aliphatic rings. The summed E-state index contributed by atoms with van der Waals surface area (Å²) >= 11 is 6.22. The number of anilines is 1. The van der Waals surface area contributed by atoms with Crippen LogP contribution in [0.5, 0.6) is 0 Å². The van der Waals surface area contributed by atoms with E-state index in [1.165, 1.54) is 0 Å². The summed E-state index contributed by atoms with van der Waals surface area (Å²) in [6.07, 6.45) is 0.959. The summed E-state index contributed by atoms with van der Waals surface area (Å²) in [5, 5.41) is 2.82. The summed E-state index contributed by atoms with van der Waals surface area (Å²) in [5.41, 5.74) is -0.803. The van der Waals surface area contributed by atoms with Crippen molar-refractivity contribution in [3.63, 3.8) is 0 Å². The summed E-state index contributed by atoms with van der Waals surface area (Å²) in [4.78, 5) is 16.0. The van der Waals surface area contributed by atoms with E-state index in [4.69, 9.17) is 25.6 Å². The fourth-order valence-electron chi connectivity index (χ4n) is 2.05. The van der Waals surface area contributed by atoms with E-state index in [0.717, 1.165) is 0 Å². The maximum atomic E-state index is 11.8. The van der Waals surface area contributed by atoms with Crippen molar-refractivity contribution in [2.75, 3.05) is 5.32 Å².